The van der Waals surface area contributed by atoms with Crippen molar-refractivity contribution in [3.05, 3.63) is 54.3 Å². The fourth-order valence-corrected chi connectivity index (χ4v) is 3.16. The first-order valence-electron chi connectivity index (χ1n) is 9.62. The average Bonchev–Trinajstić information content (AvgIpc) is 2.75. The molecule has 0 bridgehead atoms. The van der Waals surface area contributed by atoms with Crippen LogP contribution in [-0.4, -0.2) is 56.2 Å². The zero-order valence-electron chi connectivity index (χ0n) is 16.4. The van der Waals surface area contributed by atoms with Gasteiger partial charge >= 0.3 is 6.03 Å². The normalized spacial score (nSPS) is 13.7. The van der Waals surface area contributed by atoms with Crippen LogP contribution in [0.15, 0.2) is 48.5 Å². The topological polar surface area (TPSA) is 73.9 Å². The lowest BCUT2D eigenvalue weighted by Gasteiger charge is -2.36. The number of para-hydroxylation sites is 1. The minimum atomic E-state index is -0.547. The summed E-state index contributed by atoms with van der Waals surface area (Å²) in [6.07, 6.45) is 0. The van der Waals surface area contributed by atoms with Crippen LogP contribution in [0.1, 0.15) is 6.92 Å². The van der Waals surface area contributed by atoms with Gasteiger partial charge < -0.3 is 25.2 Å². The van der Waals surface area contributed by atoms with E-state index >= 15 is 0 Å². The molecule has 1 saturated heterocycles. The lowest BCUT2D eigenvalue weighted by molar-refractivity contribution is -0.130. The maximum absolute atomic E-state index is 13.3. The molecule has 0 spiro atoms. The summed E-state index contributed by atoms with van der Waals surface area (Å²) in [5.41, 5.74) is 1.48. The molecule has 1 heterocycles. The molecule has 1 fully saturated rings. The summed E-state index contributed by atoms with van der Waals surface area (Å²) in [5, 5.41) is 5.14. The number of rotatable bonds is 6. The zero-order chi connectivity index (χ0) is 20.6. The Morgan fingerprint density at radius 3 is 2.48 bits per heavy atom. The van der Waals surface area contributed by atoms with Gasteiger partial charge in [-0.05, 0) is 31.2 Å². The van der Waals surface area contributed by atoms with Gasteiger partial charge in [0.05, 0.1) is 18.8 Å². The minimum absolute atomic E-state index is 0.109. The lowest BCUT2D eigenvalue weighted by atomic mass is 10.2. The Hall–Kier alpha value is -3.29. The number of ether oxygens (including phenoxy) is 1. The quantitative estimate of drug-likeness (QED) is 0.782. The molecule has 0 aliphatic carbocycles. The highest BCUT2D eigenvalue weighted by molar-refractivity contribution is 5.93. The van der Waals surface area contributed by atoms with E-state index in [0.717, 1.165) is 18.8 Å². The molecule has 1 aliphatic heterocycles. The third-order valence-electron chi connectivity index (χ3n) is 4.65. The number of hydrogen-bond acceptors (Lipinski definition) is 4. The largest absolute Gasteiger partial charge is 0.492 e. The number of nitrogens with one attached hydrogen (secondary N) is 2. The number of carbonyl (C=O) groups excluding carboxylic acids is 2. The Morgan fingerprint density at radius 1 is 1.07 bits per heavy atom. The van der Waals surface area contributed by atoms with Crippen LogP contribution in [0.25, 0.3) is 0 Å². The first kappa shape index (κ1) is 20.4. The van der Waals surface area contributed by atoms with E-state index in [-0.39, 0.29) is 18.2 Å². The van der Waals surface area contributed by atoms with E-state index in [2.05, 4.69) is 27.7 Å². The standard InChI is InChI=1S/C21H25FN4O3/c1-2-29-19-14-16(22)8-9-18(19)24-21(28)23-15-20(27)26-12-10-25(11-13-26)17-6-4-3-5-7-17/h3-9,14H,2,10-13,15H2,1H3,(H2,23,24,28). The second-order valence-corrected chi connectivity index (χ2v) is 6.58. The number of piperazine rings is 1. The molecule has 3 amide bonds. The van der Waals surface area contributed by atoms with Crippen LogP contribution in [0.4, 0.5) is 20.6 Å². The summed E-state index contributed by atoms with van der Waals surface area (Å²) in [6, 6.07) is 13.4. The summed E-state index contributed by atoms with van der Waals surface area (Å²) in [6.45, 7) is 4.69. The Labute approximate surface area is 169 Å². The van der Waals surface area contributed by atoms with Gasteiger partial charge in [-0.2, -0.15) is 0 Å². The van der Waals surface area contributed by atoms with Crippen molar-refractivity contribution in [1.82, 2.24) is 10.2 Å². The van der Waals surface area contributed by atoms with Crippen molar-refractivity contribution >= 4 is 23.3 Å². The highest BCUT2D eigenvalue weighted by atomic mass is 19.1. The summed E-state index contributed by atoms with van der Waals surface area (Å²) >= 11 is 0. The van der Waals surface area contributed by atoms with Crippen LogP contribution in [0.3, 0.4) is 0 Å². The molecule has 0 saturated carbocycles. The number of benzene rings is 2. The predicted molar refractivity (Wildman–Crippen MR) is 110 cm³/mol. The molecule has 2 aromatic carbocycles. The molecule has 7 nitrogen and oxygen atoms in total. The SMILES string of the molecule is CCOc1cc(F)ccc1NC(=O)NCC(=O)N1CCN(c2ccccc2)CC1. The molecule has 0 radical (unpaired) electrons. The van der Waals surface area contributed by atoms with Gasteiger partial charge in [-0.25, -0.2) is 9.18 Å². The fraction of sp³-hybridized carbons (Fsp3) is 0.333. The fourth-order valence-electron chi connectivity index (χ4n) is 3.16. The van der Waals surface area contributed by atoms with Gasteiger partial charge in [-0.1, -0.05) is 18.2 Å². The van der Waals surface area contributed by atoms with E-state index in [0.29, 0.717) is 25.4 Å². The number of amides is 3. The summed E-state index contributed by atoms with van der Waals surface area (Å²) in [4.78, 5) is 28.5. The van der Waals surface area contributed by atoms with Crippen LogP contribution < -0.4 is 20.3 Å². The lowest BCUT2D eigenvalue weighted by Crippen LogP contribution is -2.51. The monoisotopic (exact) mass is 400 g/mol. The van der Waals surface area contributed by atoms with E-state index in [4.69, 9.17) is 4.74 Å². The van der Waals surface area contributed by atoms with Gasteiger partial charge in [0.2, 0.25) is 5.91 Å². The first-order chi connectivity index (χ1) is 14.1. The number of urea groups is 1. The number of nitrogens with zero attached hydrogens (tertiary/aromatic N) is 2. The number of halogens is 1. The van der Waals surface area contributed by atoms with Crippen molar-refractivity contribution in [1.29, 1.82) is 0 Å². The van der Waals surface area contributed by atoms with Crippen molar-refractivity contribution in [2.45, 2.75) is 6.92 Å². The van der Waals surface area contributed by atoms with Gasteiger partial charge in [0, 0.05) is 37.9 Å². The van der Waals surface area contributed by atoms with E-state index < -0.39 is 11.8 Å². The average molecular weight is 400 g/mol. The molecule has 0 atom stereocenters. The summed E-state index contributed by atoms with van der Waals surface area (Å²) in [5.74, 6) is -0.354. The Bertz CT molecular complexity index is 839. The Kier molecular flexibility index (Phi) is 6.89. The van der Waals surface area contributed by atoms with E-state index in [1.165, 1.54) is 18.2 Å². The molecular weight excluding hydrogens is 375 g/mol. The first-order valence-corrected chi connectivity index (χ1v) is 9.62. The highest BCUT2D eigenvalue weighted by Crippen LogP contribution is 2.25. The highest BCUT2D eigenvalue weighted by Gasteiger charge is 2.21. The molecule has 0 aromatic heterocycles. The Morgan fingerprint density at radius 2 is 1.79 bits per heavy atom. The van der Waals surface area contributed by atoms with Crippen LogP contribution in [-0.2, 0) is 4.79 Å². The van der Waals surface area contributed by atoms with Gasteiger partial charge in [-0.3, -0.25) is 4.79 Å². The Balaban J connectivity index is 1.46. The van der Waals surface area contributed by atoms with Crippen molar-refractivity contribution < 1.29 is 18.7 Å². The third kappa shape index (κ3) is 5.60. The van der Waals surface area contributed by atoms with Crippen LogP contribution in [0.2, 0.25) is 0 Å². The van der Waals surface area contributed by atoms with Gasteiger partial charge in [-0.15, -0.1) is 0 Å². The number of hydrogen-bond donors (Lipinski definition) is 2. The maximum atomic E-state index is 13.3. The smallest absolute Gasteiger partial charge is 0.319 e. The van der Waals surface area contributed by atoms with Crippen LogP contribution in [0, 0.1) is 5.82 Å². The molecule has 1 aliphatic rings. The molecule has 2 aromatic rings. The molecule has 29 heavy (non-hydrogen) atoms. The second-order valence-electron chi connectivity index (χ2n) is 6.58. The maximum Gasteiger partial charge on any atom is 0.319 e. The van der Waals surface area contributed by atoms with Gasteiger partial charge in [0.15, 0.2) is 0 Å². The number of anilines is 2. The predicted octanol–water partition coefficient (Wildman–Crippen LogP) is 2.69. The van der Waals surface area contributed by atoms with Gasteiger partial charge in [0.1, 0.15) is 11.6 Å². The molecular formula is C21H25FN4O3. The van der Waals surface area contributed by atoms with Crippen molar-refractivity contribution in [2.75, 3.05) is 49.5 Å². The molecule has 0 unspecified atom stereocenters. The molecule has 2 N–H and O–H groups in total. The van der Waals surface area contributed by atoms with Crippen LogP contribution in [0.5, 0.6) is 5.75 Å². The van der Waals surface area contributed by atoms with Crippen LogP contribution >= 0.6 is 0 Å². The molecule has 3 rings (SSSR count). The summed E-state index contributed by atoms with van der Waals surface area (Å²) < 4.78 is 18.7. The van der Waals surface area contributed by atoms with Crippen molar-refractivity contribution in [3.63, 3.8) is 0 Å². The second kappa shape index (κ2) is 9.77. The zero-order valence-corrected chi connectivity index (χ0v) is 16.4. The molecule has 8 heteroatoms. The van der Waals surface area contributed by atoms with E-state index in [9.17, 15) is 14.0 Å². The third-order valence-corrected chi connectivity index (χ3v) is 4.65. The van der Waals surface area contributed by atoms with Gasteiger partial charge in [0.25, 0.3) is 0 Å². The van der Waals surface area contributed by atoms with E-state index in [1.807, 2.05) is 18.2 Å². The number of carbonyl (C=O) groups is 2. The molecule has 154 valence electrons. The van der Waals surface area contributed by atoms with E-state index in [1.54, 1.807) is 11.8 Å². The minimum Gasteiger partial charge on any atom is -0.492 e. The van der Waals surface area contributed by atoms with Crippen molar-refractivity contribution in [3.8, 4) is 5.75 Å². The van der Waals surface area contributed by atoms with Crippen molar-refractivity contribution in [2.24, 2.45) is 0 Å². The summed E-state index contributed by atoms with van der Waals surface area (Å²) in [7, 11) is 0.